The molecule has 1 atom stereocenters. The largest absolute Gasteiger partial charge is 0.497 e. The maximum absolute atomic E-state index is 6.35. The Hall–Kier alpha value is -1.83. The molecule has 0 saturated carbocycles. The number of rotatable bonds is 5. The number of nitrogen functional groups attached to an aromatic ring is 1. The fourth-order valence-electron chi connectivity index (χ4n) is 3.24. The van der Waals surface area contributed by atoms with Gasteiger partial charge in [0.05, 0.1) is 24.7 Å². The van der Waals surface area contributed by atoms with Crippen molar-refractivity contribution in [3.8, 4) is 5.75 Å². The molecule has 2 aromatic heterocycles. The van der Waals surface area contributed by atoms with Gasteiger partial charge in [0.25, 0.3) is 0 Å². The first-order valence-corrected chi connectivity index (χ1v) is 10.8. The molecule has 1 aromatic carbocycles. The molecule has 1 aliphatic rings. The second-order valence-corrected chi connectivity index (χ2v) is 9.01. The van der Waals surface area contributed by atoms with Crippen LogP contribution in [0.5, 0.6) is 5.75 Å². The number of hydrogen-bond acceptors (Lipinski definition) is 7. The third kappa shape index (κ3) is 3.63. The second-order valence-electron chi connectivity index (χ2n) is 6.98. The highest BCUT2D eigenvalue weighted by atomic mass is 32.2. The zero-order chi connectivity index (χ0) is 19.0. The van der Waals surface area contributed by atoms with Crippen molar-refractivity contribution in [1.29, 1.82) is 0 Å². The molecule has 0 saturated heterocycles. The molecule has 4 rings (SSSR count). The number of anilines is 1. The van der Waals surface area contributed by atoms with E-state index in [0.717, 1.165) is 34.6 Å². The summed E-state index contributed by atoms with van der Waals surface area (Å²) in [5.74, 6) is 2.23. The fraction of sp³-hybridized carbons (Fsp3) is 0.400. The summed E-state index contributed by atoms with van der Waals surface area (Å²) < 4.78 is 11.3. The average Bonchev–Trinajstić information content (AvgIpc) is 3.04. The Balaban J connectivity index is 1.59. The molecule has 1 aliphatic heterocycles. The van der Waals surface area contributed by atoms with Crippen LogP contribution in [0, 0.1) is 0 Å². The summed E-state index contributed by atoms with van der Waals surface area (Å²) in [6.45, 7) is 4.96. The van der Waals surface area contributed by atoms with Crippen molar-refractivity contribution in [2.75, 3.05) is 12.8 Å². The third-order valence-corrected chi connectivity index (χ3v) is 7.14. The predicted molar refractivity (Wildman–Crippen MR) is 112 cm³/mol. The van der Waals surface area contributed by atoms with E-state index in [4.69, 9.17) is 20.2 Å². The minimum absolute atomic E-state index is 0.130. The van der Waals surface area contributed by atoms with Gasteiger partial charge in [-0.05, 0) is 36.6 Å². The number of hydrogen-bond donors (Lipinski definition) is 1. The van der Waals surface area contributed by atoms with Gasteiger partial charge in [-0.2, -0.15) is 0 Å². The first-order valence-electron chi connectivity index (χ1n) is 8.99. The highest BCUT2D eigenvalue weighted by molar-refractivity contribution is 7.98. The molecular formula is C20H23N3O2S2. The van der Waals surface area contributed by atoms with E-state index in [1.165, 1.54) is 16.0 Å². The van der Waals surface area contributed by atoms with E-state index >= 15 is 0 Å². The monoisotopic (exact) mass is 401 g/mol. The summed E-state index contributed by atoms with van der Waals surface area (Å²) in [6.07, 6.45) is 1.84. The van der Waals surface area contributed by atoms with Gasteiger partial charge in [-0.1, -0.05) is 30.8 Å². The van der Waals surface area contributed by atoms with Crippen molar-refractivity contribution >= 4 is 39.1 Å². The van der Waals surface area contributed by atoms with Crippen LogP contribution in [0.1, 0.15) is 36.3 Å². The Kier molecular flexibility index (Phi) is 5.01. The summed E-state index contributed by atoms with van der Waals surface area (Å²) in [5, 5.41) is 1.74. The Morgan fingerprint density at radius 1 is 1.30 bits per heavy atom. The highest BCUT2D eigenvalue weighted by Crippen LogP contribution is 2.41. The van der Waals surface area contributed by atoms with E-state index in [0.29, 0.717) is 17.6 Å². The van der Waals surface area contributed by atoms with Crippen LogP contribution in [0.3, 0.4) is 0 Å². The lowest BCUT2D eigenvalue weighted by molar-refractivity contribution is -0.0542. The second kappa shape index (κ2) is 7.30. The summed E-state index contributed by atoms with van der Waals surface area (Å²) in [5.41, 5.74) is 8.69. The number of nitrogens with zero attached hydrogens (tertiary/aromatic N) is 2. The Labute approximate surface area is 167 Å². The van der Waals surface area contributed by atoms with Gasteiger partial charge >= 0.3 is 0 Å². The van der Waals surface area contributed by atoms with Crippen molar-refractivity contribution in [2.45, 2.75) is 49.8 Å². The molecule has 0 unspecified atom stereocenters. The lowest BCUT2D eigenvalue weighted by Gasteiger charge is -2.33. The van der Waals surface area contributed by atoms with E-state index in [9.17, 15) is 0 Å². The average molecular weight is 402 g/mol. The zero-order valence-corrected chi connectivity index (χ0v) is 17.4. The zero-order valence-electron chi connectivity index (χ0n) is 15.7. The van der Waals surface area contributed by atoms with Crippen LogP contribution < -0.4 is 10.5 Å². The number of ether oxygens (including phenoxy) is 2. The Morgan fingerprint density at radius 2 is 2.07 bits per heavy atom. The number of fused-ring (bicyclic) bond motifs is 3. The molecule has 0 amide bonds. The molecule has 3 aromatic rings. The van der Waals surface area contributed by atoms with Gasteiger partial charge < -0.3 is 15.2 Å². The summed E-state index contributed by atoms with van der Waals surface area (Å²) in [4.78, 5) is 11.5. The quantitative estimate of drug-likeness (QED) is 0.488. The predicted octanol–water partition coefficient (Wildman–Crippen LogP) is 4.82. The molecule has 7 heteroatoms. The SMILES string of the molecule is CC[C@@]1(C)Cc2c(sc3nc(SCc4ccc(OC)cc4)nc(N)c23)CO1. The van der Waals surface area contributed by atoms with Gasteiger partial charge in [-0.3, -0.25) is 0 Å². The molecule has 0 radical (unpaired) electrons. The third-order valence-electron chi connectivity index (χ3n) is 5.12. The molecule has 27 heavy (non-hydrogen) atoms. The van der Waals surface area contributed by atoms with E-state index in [1.807, 2.05) is 12.1 Å². The molecule has 0 aliphatic carbocycles. The Bertz CT molecular complexity index is 972. The summed E-state index contributed by atoms with van der Waals surface area (Å²) >= 11 is 3.28. The minimum Gasteiger partial charge on any atom is -0.497 e. The van der Waals surface area contributed by atoms with Gasteiger partial charge in [0.2, 0.25) is 0 Å². The van der Waals surface area contributed by atoms with Gasteiger partial charge in [0.1, 0.15) is 16.4 Å². The first-order chi connectivity index (χ1) is 13.0. The number of nitrogens with two attached hydrogens (primary N) is 1. The topological polar surface area (TPSA) is 70.3 Å². The maximum atomic E-state index is 6.35. The number of benzene rings is 1. The van der Waals surface area contributed by atoms with Crippen molar-refractivity contribution in [3.63, 3.8) is 0 Å². The van der Waals surface area contributed by atoms with Crippen molar-refractivity contribution in [2.24, 2.45) is 0 Å². The van der Waals surface area contributed by atoms with Crippen LogP contribution in [-0.2, 0) is 23.5 Å². The molecule has 142 valence electrons. The number of thioether (sulfide) groups is 1. The smallest absolute Gasteiger partial charge is 0.191 e. The lowest BCUT2D eigenvalue weighted by Crippen LogP contribution is -2.33. The number of thiophene rings is 1. The molecule has 0 fully saturated rings. The van der Waals surface area contributed by atoms with E-state index in [1.54, 1.807) is 30.2 Å². The van der Waals surface area contributed by atoms with Crippen molar-refractivity contribution in [1.82, 2.24) is 9.97 Å². The first kappa shape index (κ1) is 18.5. The fourth-order valence-corrected chi connectivity index (χ4v) is 5.22. The molecular weight excluding hydrogens is 378 g/mol. The maximum Gasteiger partial charge on any atom is 0.191 e. The molecule has 2 N–H and O–H groups in total. The Morgan fingerprint density at radius 3 is 2.78 bits per heavy atom. The highest BCUT2D eigenvalue weighted by Gasteiger charge is 2.32. The lowest BCUT2D eigenvalue weighted by atomic mass is 9.90. The van der Waals surface area contributed by atoms with E-state index in [-0.39, 0.29) is 5.60 Å². The summed E-state index contributed by atoms with van der Waals surface area (Å²) in [7, 11) is 1.67. The molecule has 5 nitrogen and oxygen atoms in total. The molecule has 3 heterocycles. The summed E-state index contributed by atoms with van der Waals surface area (Å²) in [6, 6.07) is 8.04. The van der Waals surface area contributed by atoms with Crippen LogP contribution in [0.2, 0.25) is 0 Å². The van der Waals surface area contributed by atoms with Gasteiger partial charge in [0, 0.05) is 17.1 Å². The van der Waals surface area contributed by atoms with Gasteiger partial charge in [-0.25, -0.2) is 9.97 Å². The van der Waals surface area contributed by atoms with Crippen LogP contribution in [0.25, 0.3) is 10.2 Å². The van der Waals surface area contributed by atoms with Crippen molar-refractivity contribution in [3.05, 3.63) is 40.3 Å². The van der Waals surface area contributed by atoms with E-state index < -0.39 is 0 Å². The normalized spacial score (nSPS) is 19.2. The molecule has 0 spiro atoms. The van der Waals surface area contributed by atoms with Crippen LogP contribution >= 0.6 is 23.1 Å². The van der Waals surface area contributed by atoms with Crippen LogP contribution in [0.4, 0.5) is 5.82 Å². The standard InChI is InChI=1S/C20H23N3O2S2/c1-4-20(2)9-14-15(10-25-20)27-18-16(14)17(21)22-19(23-18)26-11-12-5-7-13(24-3)8-6-12/h5-8H,4,9-11H2,1-3H3,(H2,21,22,23)/t20-/m0/s1. The minimum atomic E-state index is -0.130. The van der Waals surface area contributed by atoms with Crippen LogP contribution in [0.15, 0.2) is 29.4 Å². The van der Waals surface area contributed by atoms with Crippen molar-refractivity contribution < 1.29 is 9.47 Å². The molecule has 0 bridgehead atoms. The van der Waals surface area contributed by atoms with E-state index in [2.05, 4.69) is 31.0 Å². The van der Waals surface area contributed by atoms with Gasteiger partial charge in [0.15, 0.2) is 5.16 Å². The number of methoxy groups -OCH3 is 1. The van der Waals surface area contributed by atoms with Crippen LogP contribution in [-0.4, -0.2) is 22.7 Å². The van der Waals surface area contributed by atoms with Gasteiger partial charge in [-0.15, -0.1) is 11.3 Å². The number of aromatic nitrogens is 2.